The molecule has 25 heavy (non-hydrogen) atoms. The molecule has 3 rings (SSSR count). The quantitative estimate of drug-likeness (QED) is 0.816. The van der Waals surface area contributed by atoms with Crippen molar-refractivity contribution in [3.8, 4) is 11.5 Å². The first kappa shape index (κ1) is 17.5. The van der Waals surface area contributed by atoms with Crippen LogP contribution in [0.25, 0.3) is 0 Å². The molecule has 2 aromatic rings. The standard InChI is InChI=1S/C15H16N2O6S2/c1-10-2-4-11(5-3-10)25(20,21)17-12-8-13-14(23-7-6-22-13)9-15(12)24(16,18)19/h2-5,8-9,17H,6-7H2,1H3,(H2,16,18,19). The number of rotatable bonds is 4. The Kier molecular flexibility index (Phi) is 4.35. The summed E-state index contributed by atoms with van der Waals surface area (Å²) in [4.78, 5) is -0.402. The molecule has 1 heterocycles. The Bertz CT molecular complexity index is 1010. The van der Waals surface area contributed by atoms with E-state index in [1.807, 2.05) is 6.92 Å². The number of hydrogen-bond donors (Lipinski definition) is 2. The van der Waals surface area contributed by atoms with Crippen LogP contribution in [0.4, 0.5) is 5.69 Å². The molecule has 1 aliphatic rings. The number of aryl methyl sites for hydroxylation is 1. The van der Waals surface area contributed by atoms with Crippen molar-refractivity contribution in [3.05, 3.63) is 42.0 Å². The summed E-state index contributed by atoms with van der Waals surface area (Å²) in [6.07, 6.45) is 0. The first-order valence-corrected chi connectivity index (χ1v) is 10.3. The number of benzene rings is 2. The lowest BCUT2D eigenvalue weighted by molar-refractivity contribution is 0.171. The molecule has 8 nitrogen and oxygen atoms in total. The van der Waals surface area contributed by atoms with Crippen LogP contribution < -0.4 is 19.3 Å². The number of nitrogens with two attached hydrogens (primary N) is 1. The van der Waals surface area contributed by atoms with Gasteiger partial charge in [0.1, 0.15) is 18.1 Å². The minimum Gasteiger partial charge on any atom is -0.486 e. The second kappa shape index (κ2) is 6.21. The Labute approximate surface area is 145 Å². The number of ether oxygens (including phenoxy) is 2. The van der Waals surface area contributed by atoms with Crippen molar-refractivity contribution in [2.45, 2.75) is 16.7 Å². The van der Waals surface area contributed by atoms with Crippen LogP contribution in [0.15, 0.2) is 46.2 Å². The number of sulfonamides is 2. The van der Waals surface area contributed by atoms with Crippen LogP contribution in [-0.4, -0.2) is 30.0 Å². The maximum Gasteiger partial charge on any atom is 0.261 e. The topological polar surface area (TPSA) is 125 Å². The Morgan fingerprint density at radius 2 is 1.52 bits per heavy atom. The molecule has 0 saturated carbocycles. The lowest BCUT2D eigenvalue weighted by Gasteiger charge is -2.21. The molecule has 0 fully saturated rings. The molecule has 0 radical (unpaired) electrons. The van der Waals surface area contributed by atoms with E-state index in [1.54, 1.807) is 12.1 Å². The molecule has 0 unspecified atom stereocenters. The predicted octanol–water partition coefficient (Wildman–Crippen LogP) is 1.21. The first-order chi connectivity index (χ1) is 11.7. The summed E-state index contributed by atoms with van der Waals surface area (Å²) in [5, 5.41) is 5.21. The molecule has 0 atom stereocenters. The highest BCUT2D eigenvalue weighted by Crippen LogP contribution is 2.38. The zero-order valence-corrected chi connectivity index (χ0v) is 14.9. The third-order valence-corrected chi connectivity index (χ3v) is 5.86. The summed E-state index contributed by atoms with van der Waals surface area (Å²) < 4.78 is 61.7. The Morgan fingerprint density at radius 3 is 2.08 bits per heavy atom. The third kappa shape index (κ3) is 3.70. The number of fused-ring (bicyclic) bond motifs is 1. The van der Waals surface area contributed by atoms with Crippen LogP contribution in [0.5, 0.6) is 11.5 Å². The number of primary sulfonamides is 1. The average molecular weight is 384 g/mol. The number of anilines is 1. The molecular formula is C15H16N2O6S2. The Morgan fingerprint density at radius 1 is 0.960 bits per heavy atom. The highest BCUT2D eigenvalue weighted by atomic mass is 32.2. The smallest absolute Gasteiger partial charge is 0.261 e. The minimum atomic E-state index is -4.19. The second-order valence-electron chi connectivity index (χ2n) is 5.46. The van der Waals surface area contributed by atoms with E-state index in [2.05, 4.69) is 4.72 Å². The summed E-state index contributed by atoms with van der Waals surface area (Å²) in [7, 11) is -8.20. The maximum absolute atomic E-state index is 12.5. The van der Waals surface area contributed by atoms with Crippen molar-refractivity contribution < 1.29 is 26.3 Å². The molecule has 0 aliphatic carbocycles. The van der Waals surface area contributed by atoms with E-state index in [9.17, 15) is 16.8 Å². The van der Waals surface area contributed by atoms with E-state index >= 15 is 0 Å². The lowest BCUT2D eigenvalue weighted by Crippen LogP contribution is -2.21. The fourth-order valence-electron chi connectivity index (χ4n) is 2.31. The van der Waals surface area contributed by atoms with Gasteiger partial charge in [0.2, 0.25) is 10.0 Å². The van der Waals surface area contributed by atoms with Crippen LogP contribution in [0.1, 0.15) is 5.56 Å². The lowest BCUT2D eigenvalue weighted by atomic mass is 10.2. The molecule has 3 N–H and O–H groups in total. The van der Waals surface area contributed by atoms with E-state index in [-0.39, 0.29) is 35.3 Å². The summed E-state index contributed by atoms with van der Waals surface area (Å²) in [6.45, 7) is 2.35. The van der Waals surface area contributed by atoms with Crippen molar-refractivity contribution in [2.24, 2.45) is 5.14 Å². The van der Waals surface area contributed by atoms with Gasteiger partial charge < -0.3 is 9.47 Å². The zero-order valence-electron chi connectivity index (χ0n) is 13.2. The van der Waals surface area contributed by atoms with Crippen molar-refractivity contribution in [1.82, 2.24) is 0 Å². The molecule has 0 saturated heterocycles. The molecule has 0 amide bonds. The highest BCUT2D eigenvalue weighted by Gasteiger charge is 2.25. The first-order valence-electron chi connectivity index (χ1n) is 7.23. The van der Waals surface area contributed by atoms with Gasteiger partial charge >= 0.3 is 0 Å². The highest BCUT2D eigenvalue weighted by molar-refractivity contribution is 7.93. The van der Waals surface area contributed by atoms with Crippen molar-refractivity contribution >= 4 is 25.7 Å². The Hall–Kier alpha value is -2.30. The van der Waals surface area contributed by atoms with Crippen LogP contribution >= 0.6 is 0 Å². The van der Waals surface area contributed by atoms with Crippen molar-refractivity contribution in [2.75, 3.05) is 17.9 Å². The minimum absolute atomic E-state index is 0.00615. The van der Waals surface area contributed by atoms with Gasteiger partial charge in [-0.2, -0.15) is 0 Å². The van der Waals surface area contributed by atoms with Crippen molar-refractivity contribution in [3.63, 3.8) is 0 Å². The fourth-order valence-corrected chi connectivity index (χ4v) is 4.13. The van der Waals surface area contributed by atoms with E-state index in [4.69, 9.17) is 14.6 Å². The van der Waals surface area contributed by atoms with E-state index in [0.717, 1.165) is 11.6 Å². The van der Waals surface area contributed by atoms with Gasteiger partial charge in [-0.1, -0.05) is 17.7 Å². The monoisotopic (exact) mass is 384 g/mol. The summed E-state index contributed by atoms with van der Waals surface area (Å²) in [6, 6.07) is 8.52. The summed E-state index contributed by atoms with van der Waals surface area (Å²) >= 11 is 0. The Balaban J connectivity index is 2.08. The van der Waals surface area contributed by atoms with Gasteiger partial charge in [0, 0.05) is 12.1 Å². The van der Waals surface area contributed by atoms with E-state index in [1.165, 1.54) is 18.2 Å². The van der Waals surface area contributed by atoms with Gasteiger partial charge in [-0.25, -0.2) is 22.0 Å². The molecule has 0 bridgehead atoms. The SMILES string of the molecule is Cc1ccc(S(=O)(=O)Nc2cc3c(cc2S(N)(=O)=O)OCCO3)cc1. The normalized spacial score (nSPS) is 14.2. The van der Waals surface area contributed by atoms with Crippen LogP contribution in [0, 0.1) is 6.92 Å². The van der Waals surface area contributed by atoms with Crippen molar-refractivity contribution in [1.29, 1.82) is 0 Å². The molecule has 0 aromatic heterocycles. The van der Waals surface area contributed by atoms with Crippen LogP contribution in [0.2, 0.25) is 0 Å². The van der Waals surface area contributed by atoms with Gasteiger partial charge in [0.25, 0.3) is 10.0 Å². The van der Waals surface area contributed by atoms with Gasteiger partial charge in [-0.3, -0.25) is 4.72 Å². The van der Waals surface area contributed by atoms with E-state index < -0.39 is 24.9 Å². The molecule has 0 spiro atoms. The zero-order chi connectivity index (χ0) is 18.2. The van der Waals surface area contributed by atoms with E-state index in [0.29, 0.717) is 0 Å². The van der Waals surface area contributed by atoms with Gasteiger partial charge in [0.05, 0.1) is 10.6 Å². The van der Waals surface area contributed by atoms with Gasteiger partial charge in [-0.05, 0) is 19.1 Å². The third-order valence-electron chi connectivity index (χ3n) is 3.53. The molecule has 2 aromatic carbocycles. The number of nitrogens with one attached hydrogen (secondary N) is 1. The second-order valence-corrected chi connectivity index (χ2v) is 8.67. The summed E-state index contributed by atoms with van der Waals surface area (Å²) in [5.41, 5.74) is 0.691. The largest absolute Gasteiger partial charge is 0.486 e. The average Bonchev–Trinajstić information content (AvgIpc) is 2.53. The fraction of sp³-hybridized carbons (Fsp3) is 0.200. The maximum atomic E-state index is 12.5. The van der Waals surface area contributed by atoms with Crippen LogP contribution in [0.3, 0.4) is 0 Å². The predicted molar refractivity (Wildman–Crippen MR) is 90.8 cm³/mol. The molecule has 134 valence electrons. The van der Waals surface area contributed by atoms with Crippen LogP contribution in [-0.2, 0) is 20.0 Å². The summed E-state index contributed by atoms with van der Waals surface area (Å²) in [5.74, 6) is 0.425. The molecule has 10 heteroatoms. The van der Waals surface area contributed by atoms with Gasteiger partial charge in [0.15, 0.2) is 11.5 Å². The molecule has 1 aliphatic heterocycles. The molecular weight excluding hydrogens is 368 g/mol. The van der Waals surface area contributed by atoms with Gasteiger partial charge in [-0.15, -0.1) is 0 Å². The number of hydrogen-bond acceptors (Lipinski definition) is 6.